The predicted octanol–water partition coefficient (Wildman–Crippen LogP) is 1.15. The van der Waals surface area contributed by atoms with Crippen LogP contribution in [0.4, 0.5) is 0 Å². The molecule has 0 spiro atoms. The Labute approximate surface area is 91.7 Å². The van der Waals surface area contributed by atoms with E-state index in [9.17, 15) is 4.79 Å². The van der Waals surface area contributed by atoms with Crippen LogP contribution in [-0.2, 0) is 0 Å². The summed E-state index contributed by atoms with van der Waals surface area (Å²) < 4.78 is 0.251. The molecule has 1 heterocycles. The van der Waals surface area contributed by atoms with Gasteiger partial charge >= 0.3 is 0 Å². The van der Waals surface area contributed by atoms with Crippen LogP contribution >= 0.6 is 39.1 Å². The van der Waals surface area contributed by atoms with Crippen LogP contribution in [0.1, 0.15) is 10.5 Å². The van der Waals surface area contributed by atoms with Crippen LogP contribution in [0.5, 0.6) is 0 Å². The predicted molar refractivity (Wildman–Crippen MR) is 51.4 cm³/mol. The monoisotopic (exact) mass is 284 g/mol. The first-order valence-corrected chi connectivity index (χ1v) is 4.50. The number of amides is 1. The topological polar surface area (TPSA) is 80.9 Å². The Kier molecular flexibility index (Phi) is 3.43. The van der Waals surface area contributed by atoms with Crippen molar-refractivity contribution < 1.29 is 4.79 Å². The first-order valence-electron chi connectivity index (χ1n) is 2.95. The summed E-state index contributed by atoms with van der Waals surface area (Å²) in [4.78, 5) is 18.3. The van der Waals surface area contributed by atoms with Crippen LogP contribution in [0.3, 0.4) is 0 Å². The van der Waals surface area contributed by atoms with Gasteiger partial charge in [-0.15, -0.1) is 0 Å². The van der Waals surface area contributed by atoms with E-state index in [0.29, 0.717) is 0 Å². The molecule has 0 radical (unpaired) electrons. The van der Waals surface area contributed by atoms with E-state index < -0.39 is 5.91 Å². The highest BCUT2D eigenvalue weighted by Crippen LogP contribution is 2.24. The number of nitrogens with one attached hydrogen (secondary N) is 1. The number of hydrogen-bond acceptors (Lipinski definition) is 4. The van der Waals surface area contributed by atoms with E-state index in [2.05, 4.69) is 25.9 Å². The fraction of sp³-hybridized carbons (Fsp3) is 0. The molecule has 13 heavy (non-hydrogen) atoms. The summed E-state index contributed by atoms with van der Waals surface area (Å²) in [5.41, 5.74) is 1.89. The normalized spacial score (nSPS) is 9.85. The van der Waals surface area contributed by atoms with E-state index in [4.69, 9.17) is 29.0 Å². The summed E-state index contributed by atoms with van der Waals surface area (Å²) in [6.07, 6.45) is 0. The van der Waals surface area contributed by atoms with Crippen LogP contribution in [0.15, 0.2) is 4.47 Å². The minimum absolute atomic E-state index is 0.00694. The maximum Gasteiger partial charge on any atom is 0.285 e. The van der Waals surface area contributed by atoms with Crippen molar-refractivity contribution in [1.82, 2.24) is 15.4 Å². The third kappa shape index (κ3) is 2.28. The molecule has 1 rings (SSSR count). The van der Waals surface area contributed by atoms with Crippen molar-refractivity contribution in [2.75, 3.05) is 0 Å². The fourth-order valence-electron chi connectivity index (χ4n) is 0.613. The van der Waals surface area contributed by atoms with Crippen molar-refractivity contribution in [3.05, 3.63) is 20.6 Å². The Morgan fingerprint density at radius 1 is 1.46 bits per heavy atom. The molecule has 0 aliphatic rings. The van der Waals surface area contributed by atoms with Crippen molar-refractivity contribution in [2.45, 2.75) is 0 Å². The summed E-state index contributed by atoms with van der Waals surface area (Å²) in [5.74, 6) is 4.31. The Bertz CT molecular complexity index is 359. The van der Waals surface area contributed by atoms with Gasteiger partial charge in [-0.05, 0) is 27.5 Å². The molecule has 0 atom stereocenters. The number of nitrogens with two attached hydrogens (primary N) is 1. The summed E-state index contributed by atoms with van der Waals surface area (Å²) in [5, 5.41) is -0.0644. The van der Waals surface area contributed by atoms with E-state index >= 15 is 0 Å². The van der Waals surface area contributed by atoms with Crippen LogP contribution in [0.25, 0.3) is 0 Å². The maximum absolute atomic E-state index is 11.1. The summed E-state index contributed by atoms with van der Waals surface area (Å²) in [6, 6.07) is 0. The van der Waals surface area contributed by atoms with Crippen molar-refractivity contribution >= 4 is 45.0 Å². The molecule has 0 fully saturated rings. The lowest BCUT2D eigenvalue weighted by atomic mass is 10.4. The van der Waals surface area contributed by atoms with E-state index in [1.165, 1.54) is 0 Å². The van der Waals surface area contributed by atoms with Crippen LogP contribution in [0, 0.1) is 0 Å². The number of carbonyl (C=O) groups is 1. The molecule has 0 saturated heterocycles. The molecule has 1 aromatic heterocycles. The summed E-state index contributed by atoms with van der Waals surface area (Å²) in [7, 11) is 0. The quantitative estimate of drug-likeness (QED) is 0.267. The second-order valence-corrected chi connectivity index (χ2v) is 3.41. The van der Waals surface area contributed by atoms with Gasteiger partial charge in [-0.3, -0.25) is 10.2 Å². The fourth-order valence-corrected chi connectivity index (χ4v) is 1.35. The number of nitrogen functional groups attached to an aromatic ring is 1. The highest BCUT2D eigenvalue weighted by molar-refractivity contribution is 9.10. The Balaban J connectivity index is 3.28. The van der Waals surface area contributed by atoms with Crippen molar-refractivity contribution in [3.8, 4) is 0 Å². The van der Waals surface area contributed by atoms with Crippen molar-refractivity contribution in [2.24, 2.45) is 5.84 Å². The first-order chi connectivity index (χ1) is 6.06. The Morgan fingerprint density at radius 2 is 2.08 bits per heavy atom. The molecular weight excluding hydrogens is 283 g/mol. The van der Waals surface area contributed by atoms with Gasteiger partial charge < -0.3 is 0 Å². The molecule has 0 aliphatic heterocycles. The third-order valence-electron chi connectivity index (χ3n) is 1.13. The number of halogens is 3. The van der Waals surface area contributed by atoms with Gasteiger partial charge in [-0.1, -0.05) is 11.6 Å². The molecule has 0 saturated carbocycles. The minimum Gasteiger partial charge on any atom is -0.289 e. The van der Waals surface area contributed by atoms with Gasteiger partial charge in [-0.25, -0.2) is 15.8 Å². The molecule has 0 bridgehead atoms. The smallest absolute Gasteiger partial charge is 0.285 e. The van der Waals surface area contributed by atoms with Crippen LogP contribution in [0.2, 0.25) is 10.4 Å². The number of nitrogens with zero attached hydrogens (tertiary/aromatic N) is 2. The molecule has 1 aromatic rings. The van der Waals surface area contributed by atoms with Crippen molar-refractivity contribution in [1.29, 1.82) is 0 Å². The SMILES string of the molecule is NNC(=O)c1nc(Cl)nc(Cl)c1Br. The lowest BCUT2D eigenvalue weighted by Crippen LogP contribution is -2.31. The summed E-state index contributed by atoms with van der Waals surface area (Å²) >= 11 is 14.1. The van der Waals surface area contributed by atoms with Crippen molar-refractivity contribution in [3.63, 3.8) is 0 Å². The van der Waals surface area contributed by atoms with E-state index in [-0.39, 0.29) is 20.6 Å². The Morgan fingerprint density at radius 3 is 2.62 bits per heavy atom. The number of rotatable bonds is 1. The average Bonchev–Trinajstić information content (AvgIpc) is 2.10. The summed E-state index contributed by atoms with van der Waals surface area (Å²) in [6.45, 7) is 0. The molecule has 5 nitrogen and oxygen atoms in total. The molecule has 1 amide bonds. The standard InChI is InChI=1S/C5H3BrCl2N4O/c6-1-2(4(13)12-9)10-5(8)11-3(1)7/h9H2,(H,12,13). The van der Waals surface area contributed by atoms with Gasteiger partial charge in [0.1, 0.15) is 10.8 Å². The number of hydrogen-bond donors (Lipinski definition) is 2. The van der Waals surface area contributed by atoms with Gasteiger partial charge in [-0.2, -0.15) is 0 Å². The third-order valence-corrected chi connectivity index (χ3v) is 2.55. The van der Waals surface area contributed by atoms with Gasteiger partial charge in [0.05, 0.1) is 4.47 Å². The molecule has 8 heteroatoms. The van der Waals surface area contributed by atoms with Gasteiger partial charge in [0, 0.05) is 0 Å². The lowest BCUT2D eigenvalue weighted by Gasteiger charge is -2.02. The molecule has 0 aromatic carbocycles. The average molecular weight is 286 g/mol. The highest BCUT2D eigenvalue weighted by atomic mass is 79.9. The molecule has 0 aliphatic carbocycles. The number of hydrazine groups is 1. The molecule has 3 N–H and O–H groups in total. The zero-order chi connectivity index (χ0) is 10.0. The van der Waals surface area contributed by atoms with Crippen LogP contribution < -0.4 is 11.3 Å². The largest absolute Gasteiger partial charge is 0.289 e. The second-order valence-electron chi connectivity index (χ2n) is 1.92. The van der Waals surface area contributed by atoms with Gasteiger partial charge in [0.2, 0.25) is 5.28 Å². The molecular formula is C5H3BrCl2N4O. The first kappa shape index (κ1) is 10.6. The van der Waals surface area contributed by atoms with E-state index in [0.717, 1.165) is 0 Å². The number of aromatic nitrogens is 2. The number of carbonyl (C=O) groups excluding carboxylic acids is 1. The lowest BCUT2D eigenvalue weighted by molar-refractivity contribution is 0.0947. The maximum atomic E-state index is 11.1. The molecule has 0 unspecified atom stereocenters. The molecule has 70 valence electrons. The Hall–Kier alpha value is -0.430. The van der Waals surface area contributed by atoms with Gasteiger partial charge in [0.25, 0.3) is 5.91 Å². The minimum atomic E-state index is -0.599. The zero-order valence-electron chi connectivity index (χ0n) is 6.01. The van der Waals surface area contributed by atoms with Gasteiger partial charge in [0.15, 0.2) is 0 Å². The van der Waals surface area contributed by atoms with Crippen LogP contribution in [-0.4, -0.2) is 15.9 Å². The van der Waals surface area contributed by atoms with E-state index in [1.807, 2.05) is 5.43 Å². The van der Waals surface area contributed by atoms with E-state index in [1.54, 1.807) is 0 Å². The zero-order valence-corrected chi connectivity index (χ0v) is 9.11. The highest BCUT2D eigenvalue weighted by Gasteiger charge is 2.15. The second kappa shape index (κ2) is 4.19.